The van der Waals surface area contributed by atoms with Gasteiger partial charge >= 0.3 is 0 Å². The van der Waals surface area contributed by atoms with E-state index in [0.717, 1.165) is 13.0 Å². The quantitative estimate of drug-likeness (QED) is 0.757. The minimum absolute atomic E-state index is 0.0236. The fourth-order valence-corrected chi connectivity index (χ4v) is 2.56. The van der Waals surface area contributed by atoms with Gasteiger partial charge in [0.15, 0.2) is 0 Å². The van der Waals surface area contributed by atoms with Crippen molar-refractivity contribution in [3.63, 3.8) is 0 Å². The molecule has 92 valence electrons. The number of amides is 1. The van der Waals surface area contributed by atoms with E-state index in [1.165, 1.54) is 12.8 Å². The standard InChI is InChI=1S/C12H23N3O/c1-12(2)8-15(9-4-5-9)10(6-7-13)11(16)14(12)3/h9-10H,4-8,13H2,1-3H3. The lowest BCUT2D eigenvalue weighted by atomic mass is 9.94. The maximum absolute atomic E-state index is 12.3. The minimum atomic E-state index is -0.0508. The lowest BCUT2D eigenvalue weighted by Gasteiger charge is -2.49. The average molecular weight is 225 g/mol. The molecule has 1 saturated carbocycles. The molecule has 1 amide bonds. The van der Waals surface area contributed by atoms with Crippen LogP contribution in [0.1, 0.15) is 33.1 Å². The summed E-state index contributed by atoms with van der Waals surface area (Å²) in [5.41, 5.74) is 5.57. The summed E-state index contributed by atoms with van der Waals surface area (Å²) in [6.07, 6.45) is 3.28. The second-order valence-electron chi connectivity index (χ2n) is 5.71. The van der Waals surface area contributed by atoms with Crippen LogP contribution in [0.5, 0.6) is 0 Å². The Morgan fingerprint density at radius 3 is 2.56 bits per heavy atom. The predicted octanol–water partition coefficient (Wildman–Crippen LogP) is 0.419. The van der Waals surface area contributed by atoms with Gasteiger partial charge < -0.3 is 10.6 Å². The van der Waals surface area contributed by atoms with E-state index in [2.05, 4.69) is 18.7 Å². The van der Waals surface area contributed by atoms with E-state index in [1.54, 1.807) is 0 Å². The highest BCUT2D eigenvalue weighted by Crippen LogP contribution is 2.35. The molecule has 1 unspecified atom stereocenters. The predicted molar refractivity (Wildman–Crippen MR) is 64.0 cm³/mol. The molecule has 1 heterocycles. The molecular weight excluding hydrogens is 202 g/mol. The maximum Gasteiger partial charge on any atom is 0.240 e. The fourth-order valence-electron chi connectivity index (χ4n) is 2.56. The highest BCUT2D eigenvalue weighted by molar-refractivity contribution is 5.83. The molecule has 2 fully saturated rings. The zero-order valence-electron chi connectivity index (χ0n) is 10.6. The SMILES string of the molecule is CN1C(=O)C(CCN)N(C2CC2)CC1(C)C. The zero-order chi connectivity index (χ0) is 11.9. The first kappa shape index (κ1) is 11.9. The molecule has 1 atom stereocenters. The third-order valence-electron chi connectivity index (χ3n) is 3.95. The second-order valence-corrected chi connectivity index (χ2v) is 5.71. The molecule has 4 heteroatoms. The summed E-state index contributed by atoms with van der Waals surface area (Å²) in [5.74, 6) is 0.244. The van der Waals surface area contributed by atoms with Crippen LogP contribution in [0.25, 0.3) is 0 Å². The largest absolute Gasteiger partial charge is 0.338 e. The van der Waals surface area contributed by atoms with Crippen molar-refractivity contribution in [2.75, 3.05) is 20.1 Å². The number of piperazine rings is 1. The number of nitrogens with two attached hydrogens (primary N) is 1. The fraction of sp³-hybridized carbons (Fsp3) is 0.917. The molecule has 4 nitrogen and oxygen atoms in total. The average Bonchev–Trinajstić information content (AvgIpc) is 3.03. The van der Waals surface area contributed by atoms with Crippen LogP contribution in [0.4, 0.5) is 0 Å². The first-order chi connectivity index (χ1) is 7.47. The lowest BCUT2D eigenvalue weighted by molar-refractivity contribution is -0.150. The van der Waals surface area contributed by atoms with E-state index in [1.807, 2.05) is 11.9 Å². The number of hydrogen-bond acceptors (Lipinski definition) is 3. The molecule has 0 bridgehead atoms. The van der Waals surface area contributed by atoms with E-state index in [4.69, 9.17) is 5.73 Å². The van der Waals surface area contributed by atoms with Gasteiger partial charge in [-0.3, -0.25) is 9.69 Å². The first-order valence-corrected chi connectivity index (χ1v) is 6.21. The second kappa shape index (κ2) is 4.00. The molecule has 16 heavy (non-hydrogen) atoms. The van der Waals surface area contributed by atoms with Crippen molar-refractivity contribution in [3.8, 4) is 0 Å². The third kappa shape index (κ3) is 1.96. The van der Waals surface area contributed by atoms with Crippen molar-refractivity contribution in [2.45, 2.75) is 50.7 Å². The molecule has 0 aromatic rings. The van der Waals surface area contributed by atoms with Crippen LogP contribution in [0.15, 0.2) is 0 Å². The van der Waals surface area contributed by atoms with Crippen LogP contribution in [-0.2, 0) is 4.79 Å². The third-order valence-corrected chi connectivity index (χ3v) is 3.95. The Balaban J connectivity index is 2.18. The summed E-state index contributed by atoms with van der Waals surface area (Å²) in [6.45, 7) is 5.84. The Morgan fingerprint density at radius 2 is 2.06 bits per heavy atom. The molecule has 0 spiro atoms. The molecule has 0 aromatic heterocycles. The van der Waals surface area contributed by atoms with E-state index < -0.39 is 0 Å². The Bertz CT molecular complexity index is 286. The number of hydrogen-bond donors (Lipinski definition) is 1. The molecule has 1 aliphatic heterocycles. The first-order valence-electron chi connectivity index (χ1n) is 6.21. The van der Waals surface area contributed by atoms with Gasteiger partial charge in [0, 0.05) is 25.2 Å². The molecule has 1 aliphatic carbocycles. The van der Waals surface area contributed by atoms with Crippen LogP contribution >= 0.6 is 0 Å². The molecular formula is C12H23N3O. The van der Waals surface area contributed by atoms with Gasteiger partial charge in [-0.2, -0.15) is 0 Å². The molecule has 1 saturated heterocycles. The van der Waals surface area contributed by atoms with Crippen LogP contribution in [0.3, 0.4) is 0 Å². The van der Waals surface area contributed by atoms with Crippen molar-refractivity contribution in [3.05, 3.63) is 0 Å². The van der Waals surface area contributed by atoms with Crippen LogP contribution in [0, 0.1) is 0 Å². The van der Waals surface area contributed by atoms with Crippen molar-refractivity contribution in [1.29, 1.82) is 0 Å². The summed E-state index contributed by atoms with van der Waals surface area (Å²) >= 11 is 0. The summed E-state index contributed by atoms with van der Waals surface area (Å²) in [7, 11) is 1.91. The highest BCUT2D eigenvalue weighted by atomic mass is 16.2. The Labute approximate surface area is 97.8 Å². The van der Waals surface area contributed by atoms with Gasteiger partial charge in [-0.05, 0) is 39.7 Å². The molecule has 2 aliphatic rings. The van der Waals surface area contributed by atoms with Crippen molar-refractivity contribution >= 4 is 5.91 Å². The monoisotopic (exact) mass is 225 g/mol. The van der Waals surface area contributed by atoms with E-state index in [-0.39, 0.29) is 17.5 Å². The summed E-state index contributed by atoms with van der Waals surface area (Å²) in [4.78, 5) is 16.6. The Morgan fingerprint density at radius 1 is 1.44 bits per heavy atom. The molecule has 0 aromatic carbocycles. The molecule has 2 N–H and O–H groups in total. The van der Waals surface area contributed by atoms with Crippen LogP contribution in [-0.4, -0.2) is 53.5 Å². The van der Waals surface area contributed by atoms with Crippen LogP contribution < -0.4 is 5.73 Å². The van der Waals surface area contributed by atoms with Gasteiger partial charge in [0.05, 0.1) is 6.04 Å². The van der Waals surface area contributed by atoms with Crippen molar-refractivity contribution in [2.24, 2.45) is 5.73 Å². The molecule has 2 rings (SSSR count). The van der Waals surface area contributed by atoms with Gasteiger partial charge in [-0.15, -0.1) is 0 Å². The number of likely N-dealkylation sites (N-methyl/N-ethyl adjacent to an activating group) is 1. The Hall–Kier alpha value is -0.610. The number of carbonyl (C=O) groups excluding carboxylic acids is 1. The Kier molecular flexibility index (Phi) is 2.97. The maximum atomic E-state index is 12.3. The topological polar surface area (TPSA) is 49.6 Å². The summed E-state index contributed by atoms with van der Waals surface area (Å²) < 4.78 is 0. The normalized spacial score (nSPS) is 30.9. The van der Waals surface area contributed by atoms with E-state index in [0.29, 0.717) is 12.6 Å². The van der Waals surface area contributed by atoms with Gasteiger partial charge in [0.1, 0.15) is 0 Å². The number of carbonyl (C=O) groups is 1. The van der Waals surface area contributed by atoms with Crippen molar-refractivity contribution < 1.29 is 4.79 Å². The molecule has 0 radical (unpaired) electrons. The van der Waals surface area contributed by atoms with Gasteiger partial charge in [0.2, 0.25) is 5.91 Å². The van der Waals surface area contributed by atoms with Gasteiger partial charge in [0.25, 0.3) is 0 Å². The number of nitrogens with zero attached hydrogens (tertiary/aromatic N) is 2. The summed E-state index contributed by atoms with van der Waals surface area (Å²) in [5, 5.41) is 0. The number of rotatable bonds is 3. The van der Waals surface area contributed by atoms with E-state index >= 15 is 0 Å². The van der Waals surface area contributed by atoms with Gasteiger partial charge in [-0.1, -0.05) is 0 Å². The zero-order valence-corrected chi connectivity index (χ0v) is 10.6. The van der Waals surface area contributed by atoms with Gasteiger partial charge in [-0.25, -0.2) is 0 Å². The lowest BCUT2D eigenvalue weighted by Crippen LogP contribution is -2.65. The van der Waals surface area contributed by atoms with E-state index in [9.17, 15) is 4.79 Å². The van der Waals surface area contributed by atoms with Crippen LogP contribution in [0.2, 0.25) is 0 Å². The minimum Gasteiger partial charge on any atom is -0.338 e. The highest BCUT2D eigenvalue weighted by Gasteiger charge is 2.47. The summed E-state index contributed by atoms with van der Waals surface area (Å²) in [6, 6.07) is 0.656. The van der Waals surface area contributed by atoms with Crippen molar-refractivity contribution in [1.82, 2.24) is 9.80 Å². The smallest absolute Gasteiger partial charge is 0.240 e.